The van der Waals surface area contributed by atoms with Gasteiger partial charge in [0.1, 0.15) is 6.54 Å². The molecule has 0 aliphatic carbocycles. The molecule has 0 unspecified atom stereocenters. The molecule has 106 valence electrons. The van der Waals surface area contributed by atoms with Crippen LogP contribution in [0.5, 0.6) is 0 Å². The highest BCUT2D eigenvalue weighted by Gasteiger charge is 2.27. The van der Waals surface area contributed by atoms with E-state index in [0.717, 1.165) is 4.31 Å². The number of sulfonamides is 1. The number of aliphatic carboxylic acids is 1. The number of carboxylic acid groups (broad SMARTS) is 1. The molecule has 0 amide bonds. The maximum absolute atomic E-state index is 12.4. The summed E-state index contributed by atoms with van der Waals surface area (Å²) in [6.45, 7) is 2.98. The Bertz CT molecular complexity index is 571. The van der Waals surface area contributed by atoms with E-state index < -0.39 is 22.5 Å². The second kappa shape index (κ2) is 6.36. The molecule has 0 bridgehead atoms. The normalized spacial score (nSPS) is 11.8. The predicted molar refractivity (Wildman–Crippen MR) is 72.9 cm³/mol. The Morgan fingerprint density at radius 2 is 2.05 bits per heavy atom. The van der Waals surface area contributed by atoms with Crippen molar-refractivity contribution in [3.05, 3.63) is 28.8 Å². The van der Waals surface area contributed by atoms with Crippen LogP contribution in [0.3, 0.4) is 0 Å². The standard InChI is InChI=1S/C12H16ClNO4S/c1-3-7-14(8-12(15)16)19(17,18)11-6-4-5-10(13)9(11)2/h4-6H,3,7-8H2,1-2H3,(H,15,16). The van der Waals surface area contributed by atoms with Crippen LogP contribution in [0.15, 0.2) is 23.1 Å². The first-order valence-electron chi connectivity index (χ1n) is 5.77. The number of hydrogen-bond acceptors (Lipinski definition) is 3. The first kappa shape index (κ1) is 15.9. The monoisotopic (exact) mass is 305 g/mol. The molecule has 5 nitrogen and oxygen atoms in total. The van der Waals surface area contributed by atoms with Crippen LogP contribution in [-0.2, 0) is 14.8 Å². The zero-order valence-electron chi connectivity index (χ0n) is 10.8. The highest BCUT2D eigenvalue weighted by atomic mass is 35.5. The summed E-state index contributed by atoms with van der Waals surface area (Å²) in [5.74, 6) is -1.18. The topological polar surface area (TPSA) is 74.7 Å². The van der Waals surface area contributed by atoms with Crippen LogP contribution in [0.25, 0.3) is 0 Å². The van der Waals surface area contributed by atoms with E-state index in [-0.39, 0.29) is 11.4 Å². The van der Waals surface area contributed by atoms with Crippen molar-refractivity contribution in [2.75, 3.05) is 13.1 Å². The second-order valence-corrected chi connectivity index (χ2v) is 6.41. The van der Waals surface area contributed by atoms with Crippen LogP contribution >= 0.6 is 11.6 Å². The van der Waals surface area contributed by atoms with Crippen LogP contribution in [0.2, 0.25) is 5.02 Å². The van der Waals surface area contributed by atoms with Gasteiger partial charge in [0.05, 0.1) is 4.90 Å². The molecule has 0 saturated carbocycles. The fourth-order valence-corrected chi connectivity index (χ4v) is 3.65. The van der Waals surface area contributed by atoms with Gasteiger partial charge in [-0.05, 0) is 31.0 Å². The van der Waals surface area contributed by atoms with E-state index in [9.17, 15) is 13.2 Å². The van der Waals surface area contributed by atoms with Crippen molar-refractivity contribution in [1.29, 1.82) is 0 Å². The first-order valence-corrected chi connectivity index (χ1v) is 7.59. The van der Waals surface area contributed by atoms with E-state index in [1.807, 2.05) is 0 Å². The molecule has 1 N–H and O–H groups in total. The minimum atomic E-state index is -3.84. The lowest BCUT2D eigenvalue weighted by Gasteiger charge is -2.21. The molecule has 1 aromatic carbocycles. The van der Waals surface area contributed by atoms with Crippen molar-refractivity contribution >= 4 is 27.6 Å². The van der Waals surface area contributed by atoms with Gasteiger partial charge in [-0.25, -0.2) is 8.42 Å². The van der Waals surface area contributed by atoms with Crippen molar-refractivity contribution in [3.8, 4) is 0 Å². The maximum Gasteiger partial charge on any atom is 0.318 e. The number of carboxylic acids is 1. The summed E-state index contributed by atoms with van der Waals surface area (Å²) in [7, 11) is -3.84. The molecule has 1 aromatic rings. The van der Waals surface area contributed by atoms with Crippen molar-refractivity contribution in [3.63, 3.8) is 0 Å². The molecule has 0 aliphatic rings. The molecule has 0 aromatic heterocycles. The zero-order valence-corrected chi connectivity index (χ0v) is 12.3. The summed E-state index contributed by atoms with van der Waals surface area (Å²) in [5, 5.41) is 9.15. The van der Waals surface area contributed by atoms with Gasteiger partial charge >= 0.3 is 5.97 Å². The van der Waals surface area contributed by atoms with Gasteiger partial charge in [-0.15, -0.1) is 0 Å². The summed E-state index contributed by atoms with van der Waals surface area (Å²) in [6, 6.07) is 4.56. The van der Waals surface area contributed by atoms with Crippen LogP contribution in [-0.4, -0.2) is 36.9 Å². The summed E-state index contributed by atoms with van der Waals surface area (Å²) in [4.78, 5) is 10.8. The van der Waals surface area contributed by atoms with Crippen LogP contribution in [0.4, 0.5) is 0 Å². The summed E-state index contributed by atoms with van der Waals surface area (Å²) < 4.78 is 25.8. The lowest BCUT2D eigenvalue weighted by atomic mass is 10.2. The third-order valence-electron chi connectivity index (χ3n) is 2.62. The number of hydrogen-bond donors (Lipinski definition) is 1. The summed E-state index contributed by atoms with van der Waals surface area (Å²) in [6.07, 6.45) is 0.534. The zero-order chi connectivity index (χ0) is 14.6. The molecule has 0 spiro atoms. The van der Waals surface area contributed by atoms with Gasteiger partial charge in [0, 0.05) is 11.6 Å². The Morgan fingerprint density at radius 3 is 2.58 bits per heavy atom. The first-order chi connectivity index (χ1) is 8.80. The van der Waals surface area contributed by atoms with Crippen molar-refractivity contribution in [2.24, 2.45) is 0 Å². The quantitative estimate of drug-likeness (QED) is 0.873. The average molecular weight is 306 g/mol. The number of rotatable bonds is 6. The molecule has 19 heavy (non-hydrogen) atoms. The molecular weight excluding hydrogens is 290 g/mol. The van der Waals surface area contributed by atoms with Gasteiger partial charge in [-0.2, -0.15) is 4.31 Å². The van der Waals surface area contributed by atoms with E-state index in [1.54, 1.807) is 19.9 Å². The fraction of sp³-hybridized carbons (Fsp3) is 0.417. The third-order valence-corrected chi connectivity index (χ3v) is 5.02. The van der Waals surface area contributed by atoms with E-state index >= 15 is 0 Å². The average Bonchev–Trinajstić information content (AvgIpc) is 2.31. The number of carbonyl (C=O) groups is 1. The Balaban J connectivity index is 3.26. The second-order valence-electron chi connectivity index (χ2n) is 4.10. The number of nitrogens with zero attached hydrogens (tertiary/aromatic N) is 1. The third kappa shape index (κ3) is 3.68. The molecule has 7 heteroatoms. The summed E-state index contributed by atoms with van der Waals surface area (Å²) >= 11 is 5.91. The van der Waals surface area contributed by atoms with Gasteiger partial charge in [-0.3, -0.25) is 4.79 Å². The SMILES string of the molecule is CCCN(CC(=O)O)S(=O)(=O)c1cccc(Cl)c1C. The minimum absolute atomic E-state index is 0.0506. The highest BCUT2D eigenvalue weighted by molar-refractivity contribution is 7.89. The number of benzene rings is 1. The van der Waals surface area contributed by atoms with E-state index in [2.05, 4.69) is 0 Å². The van der Waals surface area contributed by atoms with Crippen molar-refractivity contribution in [1.82, 2.24) is 4.31 Å². The van der Waals surface area contributed by atoms with Crippen molar-refractivity contribution < 1.29 is 18.3 Å². The Kier molecular flexibility index (Phi) is 5.34. The van der Waals surface area contributed by atoms with Gasteiger partial charge in [0.2, 0.25) is 10.0 Å². The molecule has 0 aliphatic heterocycles. The van der Waals surface area contributed by atoms with Gasteiger partial charge in [-0.1, -0.05) is 24.6 Å². The van der Waals surface area contributed by atoms with Gasteiger partial charge in [0.15, 0.2) is 0 Å². The molecule has 1 rings (SSSR count). The minimum Gasteiger partial charge on any atom is -0.480 e. The Labute approximate surface area is 117 Å². The lowest BCUT2D eigenvalue weighted by Crippen LogP contribution is -2.36. The van der Waals surface area contributed by atoms with Gasteiger partial charge in [0.25, 0.3) is 0 Å². The van der Waals surface area contributed by atoms with Crippen LogP contribution < -0.4 is 0 Å². The predicted octanol–water partition coefficient (Wildman–Crippen LogP) is 2.13. The molecule has 0 radical (unpaired) electrons. The van der Waals surface area contributed by atoms with Crippen LogP contribution in [0.1, 0.15) is 18.9 Å². The van der Waals surface area contributed by atoms with Crippen LogP contribution in [0, 0.1) is 6.92 Å². The highest BCUT2D eigenvalue weighted by Crippen LogP contribution is 2.25. The van der Waals surface area contributed by atoms with E-state index in [4.69, 9.17) is 16.7 Å². The maximum atomic E-state index is 12.4. The van der Waals surface area contributed by atoms with E-state index in [0.29, 0.717) is 17.0 Å². The molecular formula is C12H16ClNO4S. The largest absolute Gasteiger partial charge is 0.480 e. The van der Waals surface area contributed by atoms with Crippen molar-refractivity contribution in [2.45, 2.75) is 25.2 Å². The van der Waals surface area contributed by atoms with Gasteiger partial charge < -0.3 is 5.11 Å². The fourth-order valence-electron chi connectivity index (χ4n) is 1.69. The molecule has 0 atom stereocenters. The molecule has 0 saturated heterocycles. The molecule has 0 heterocycles. The smallest absolute Gasteiger partial charge is 0.318 e. The summed E-state index contributed by atoms with van der Waals surface area (Å²) in [5.41, 5.74) is 0.427. The Morgan fingerprint density at radius 1 is 1.42 bits per heavy atom. The Hall–Kier alpha value is -1.11. The molecule has 0 fully saturated rings. The number of halogens is 1. The van der Waals surface area contributed by atoms with E-state index in [1.165, 1.54) is 12.1 Å². The lowest BCUT2D eigenvalue weighted by molar-refractivity contribution is -0.137.